The highest BCUT2D eigenvalue weighted by atomic mass is 35.5. The largest absolute Gasteiger partial charge is 0.465 e. The smallest absolute Gasteiger partial charge is 0.326 e. The molecule has 0 bridgehead atoms. The average Bonchev–Trinajstić information content (AvgIpc) is 2.82. The van der Waals surface area contributed by atoms with Crippen molar-refractivity contribution in [1.29, 1.82) is 0 Å². The first-order chi connectivity index (χ1) is 12.1. The molecule has 0 spiro atoms. The third-order valence-electron chi connectivity index (χ3n) is 3.38. The van der Waals surface area contributed by atoms with Crippen molar-refractivity contribution >= 4 is 55.1 Å². The highest BCUT2D eigenvalue weighted by Gasteiger charge is 2.16. The van der Waals surface area contributed by atoms with Crippen molar-refractivity contribution in [1.82, 2.24) is 8.87 Å². The van der Waals surface area contributed by atoms with E-state index >= 15 is 0 Å². The Balaban J connectivity index is 2.47. The van der Waals surface area contributed by atoms with Gasteiger partial charge >= 0.3 is 5.97 Å². The fraction of sp³-hybridized carbons (Fsp3) is 0.400. The molecule has 1 heterocycles. The summed E-state index contributed by atoms with van der Waals surface area (Å²) in [6.45, 7) is 1.42. The molecule has 11 heteroatoms. The first-order valence-corrected chi connectivity index (χ1v) is 10.6. The number of amides is 1. The molecule has 0 saturated heterocycles. The van der Waals surface area contributed by atoms with Gasteiger partial charge in [-0.1, -0.05) is 22.9 Å². The normalized spacial score (nSPS) is 12.7. The van der Waals surface area contributed by atoms with Crippen LogP contribution in [0.4, 0.5) is 0 Å². The fourth-order valence-electron chi connectivity index (χ4n) is 2.07. The van der Waals surface area contributed by atoms with E-state index in [1.54, 1.807) is 29.7 Å². The minimum atomic E-state index is -3.50. The van der Waals surface area contributed by atoms with Crippen LogP contribution in [0.5, 0.6) is 0 Å². The number of aromatic nitrogens is 1. The number of rotatable bonds is 6. The predicted octanol–water partition coefficient (Wildman–Crippen LogP) is 1.24. The zero-order chi connectivity index (χ0) is 19.5. The van der Waals surface area contributed by atoms with E-state index in [0.29, 0.717) is 10.5 Å². The number of esters is 1. The number of hydrogen-bond acceptors (Lipinski definition) is 6. The number of halogens is 1. The predicted molar refractivity (Wildman–Crippen MR) is 99.5 cm³/mol. The van der Waals surface area contributed by atoms with E-state index in [4.69, 9.17) is 16.3 Å². The van der Waals surface area contributed by atoms with Crippen LogP contribution in [0, 0.1) is 0 Å². The zero-order valence-electron chi connectivity index (χ0n) is 14.4. The second-order valence-electron chi connectivity index (χ2n) is 5.41. The summed E-state index contributed by atoms with van der Waals surface area (Å²) in [6, 6.07) is 5.09. The van der Waals surface area contributed by atoms with Crippen molar-refractivity contribution in [2.75, 3.05) is 26.5 Å². The van der Waals surface area contributed by atoms with Crippen molar-refractivity contribution in [3.8, 4) is 0 Å². The van der Waals surface area contributed by atoms with Gasteiger partial charge in [0.1, 0.15) is 6.54 Å². The number of sulfonamides is 1. The first-order valence-electron chi connectivity index (χ1n) is 7.55. The topological polar surface area (TPSA) is 98.0 Å². The maximum Gasteiger partial charge on any atom is 0.326 e. The van der Waals surface area contributed by atoms with Crippen molar-refractivity contribution < 1.29 is 22.7 Å². The standard InChI is InChI=1S/C15H18ClN3O5S2/c1-4-24-14(21)9-19-11-6-5-10(16)7-12(11)25-15(19)17-13(20)8-18(2)26(3,22)23/h5-7H,4,8-9H2,1-3H3. The van der Waals surface area contributed by atoms with Crippen molar-refractivity contribution in [2.24, 2.45) is 4.99 Å². The molecule has 1 amide bonds. The molecule has 0 N–H and O–H groups in total. The fourth-order valence-corrected chi connectivity index (χ4v) is 3.74. The van der Waals surface area contributed by atoms with Gasteiger partial charge in [0.05, 0.1) is 29.6 Å². The number of fused-ring (bicyclic) bond motifs is 1. The maximum absolute atomic E-state index is 12.2. The van der Waals surface area contributed by atoms with E-state index in [1.165, 1.54) is 18.4 Å². The van der Waals surface area contributed by atoms with Gasteiger partial charge in [-0.25, -0.2) is 8.42 Å². The average molecular weight is 420 g/mol. The molecular formula is C15H18ClN3O5S2. The Morgan fingerprint density at radius 1 is 1.38 bits per heavy atom. The number of benzene rings is 1. The van der Waals surface area contributed by atoms with Crippen LogP contribution in [0.1, 0.15) is 6.92 Å². The van der Waals surface area contributed by atoms with Gasteiger partial charge in [0.25, 0.3) is 5.91 Å². The summed E-state index contributed by atoms with van der Waals surface area (Å²) in [5.41, 5.74) is 0.676. The van der Waals surface area contributed by atoms with Crippen LogP contribution in [0.25, 0.3) is 10.2 Å². The van der Waals surface area contributed by atoms with Crippen LogP contribution in [0.2, 0.25) is 5.02 Å². The lowest BCUT2D eigenvalue weighted by molar-refractivity contribution is -0.143. The SMILES string of the molecule is CCOC(=O)Cn1c(=NC(=O)CN(C)S(C)(=O)=O)sc2cc(Cl)ccc21. The van der Waals surface area contributed by atoms with Crippen LogP contribution < -0.4 is 4.80 Å². The number of likely N-dealkylation sites (N-methyl/N-ethyl adjacent to an activating group) is 1. The highest BCUT2D eigenvalue weighted by molar-refractivity contribution is 7.88. The summed E-state index contributed by atoms with van der Waals surface area (Å²) in [5.74, 6) is -1.11. The molecule has 0 radical (unpaired) electrons. The van der Waals surface area contributed by atoms with Gasteiger partial charge in [0.15, 0.2) is 4.80 Å². The Kier molecular flexibility index (Phi) is 6.56. The Morgan fingerprint density at radius 2 is 2.08 bits per heavy atom. The minimum absolute atomic E-state index is 0.122. The molecule has 0 aliphatic carbocycles. The van der Waals surface area contributed by atoms with Gasteiger partial charge in [0.2, 0.25) is 10.0 Å². The quantitative estimate of drug-likeness (QED) is 0.656. The van der Waals surface area contributed by atoms with E-state index in [9.17, 15) is 18.0 Å². The zero-order valence-corrected chi connectivity index (χ0v) is 16.8. The van der Waals surface area contributed by atoms with Crippen LogP contribution in [-0.4, -0.2) is 55.6 Å². The summed E-state index contributed by atoms with van der Waals surface area (Å²) >= 11 is 7.17. The van der Waals surface area contributed by atoms with Crippen LogP contribution >= 0.6 is 22.9 Å². The number of carbonyl (C=O) groups excluding carboxylic acids is 2. The molecule has 26 heavy (non-hydrogen) atoms. The van der Waals surface area contributed by atoms with Gasteiger partial charge in [-0.3, -0.25) is 9.59 Å². The molecule has 2 aromatic rings. The van der Waals surface area contributed by atoms with E-state index in [-0.39, 0.29) is 18.0 Å². The summed E-state index contributed by atoms with van der Waals surface area (Å²) in [6.07, 6.45) is 1.00. The molecule has 0 unspecified atom stereocenters. The van der Waals surface area contributed by atoms with Gasteiger partial charge in [0, 0.05) is 12.1 Å². The molecule has 2 rings (SSSR count). The number of ether oxygens (including phenoxy) is 1. The van der Waals surface area contributed by atoms with Gasteiger partial charge in [-0.05, 0) is 25.1 Å². The molecule has 142 valence electrons. The Hall–Kier alpha value is -1.75. The van der Waals surface area contributed by atoms with E-state index < -0.39 is 28.4 Å². The highest BCUT2D eigenvalue weighted by Crippen LogP contribution is 2.22. The van der Waals surface area contributed by atoms with Gasteiger partial charge in [-0.2, -0.15) is 9.30 Å². The Labute approximate surface area is 159 Å². The Bertz CT molecular complexity index is 1010. The molecule has 1 aromatic carbocycles. The molecule has 0 saturated carbocycles. The number of hydrogen-bond donors (Lipinski definition) is 0. The summed E-state index contributed by atoms with van der Waals surface area (Å²) < 4.78 is 31.0. The lowest BCUT2D eigenvalue weighted by Crippen LogP contribution is -2.32. The summed E-state index contributed by atoms with van der Waals surface area (Å²) in [4.78, 5) is 28.3. The molecular weight excluding hydrogens is 402 g/mol. The van der Waals surface area contributed by atoms with Crippen LogP contribution in [0.3, 0.4) is 0 Å². The third-order valence-corrected chi connectivity index (χ3v) is 5.92. The summed E-state index contributed by atoms with van der Waals surface area (Å²) in [5, 5.41) is 0.511. The minimum Gasteiger partial charge on any atom is -0.465 e. The number of nitrogens with zero attached hydrogens (tertiary/aromatic N) is 3. The lowest BCUT2D eigenvalue weighted by atomic mass is 10.3. The van der Waals surface area contributed by atoms with Crippen molar-refractivity contribution in [3.63, 3.8) is 0 Å². The van der Waals surface area contributed by atoms with E-state index in [0.717, 1.165) is 15.3 Å². The van der Waals surface area contributed by atoms with Crippen molar-refractivity contribution in [2.45, 2.75) is 13.5 Å². The maximum atomic E-state index is 12.2. The second-order valence-corrected chi connectivity index (χ2v) is 8.95. The lowest BCUT2D eigenvalue weighted by Gasteiger charge is -2.10. The molecule has 8 nitrogen and oxygen atoms in total. The number of carbonyl (C=O) groups is 2. The molecule has 0 aliphatic rings. The first kappa shape index (κ1) is 20.6. The molecule has 0 atom stereocenters. The third kappa shape index (κ3) is 5.13. The molecule has 1 aromatic heterocycles. The van der Waals surface area contributed by atoms with E-state index in [1.807, 2.05) is 0 Å². The van der Waals surface area contributed by atoms with Crippen molar-refractivity contribution in [3.05, 3.63) is 28.0 Å². The number of thiazole rings is 1. The molecule has 0 fully saturated rings. The monoisotopic (exact) mass is 419 g/mol. The van der Waals surface area contributed by atoms with Crippen LogP contribution in [-0.2, 0) is 30.9 Å². The van der Waals surface area contributed by atoms with Gasteiger partial charge in [-0.15, -0.1) is 0 Å². The Morgan fingerprint density at radius 3 is 2.69 bits per heavy atom. The van der Waals surface area contributed by atoms with Crippen LogP contribution in [0.15, 0.2) is 23.2 Å². The second kappa shape index (κ2) is 8.30. The molecule has 0 aliphatic heterocycles. The van der Waals surface area contributed by atoms with E-state index in [2.05, 4.69) is 4.99 Å². The summed E-state index contributed by atoms with van der Waals surface area (Å²) in [7, 11) is -2.21. The van der Waals surface area contributed by atoms with Gasteiger partial charge < -0.3 is 9.30 Å².